The van der Waals surface area contributed by atoms with Crippen molar-refractivity contribution in [3.63, 3.8) is 0 Å². The van der Waals surface area contributed by atoms with E-state index in [0.717, 1.165) is 35.9 Å². The van der Waals surface area contributed by atoms with Gasteiger partial charge in [-0.25, -0.2) is 4.68 Å². The maximum atomic E-state index is 12.1. The molecule has 4 heterocycles. The summed E-state index contributed by atoms with van der Waals surface area (Å²) in [6, 6.07) is 6.08. The predicted molar refractivity (Wildman–Crippen MR) is 92.5 cm³/mol. The van der Waals surface area contributed by atoms with Crippen LogP contribution in [-0.4, -0.2) is 60.7 Å². The first-order valence-electron chi connectivity index (χ1n) is 8.18. The van der Waals surface area contributed by atoms with Crippen LogP contribution in [0, 0.1) is 6.92 Å². The van der Waals surface area contributed by atoms with Gasteiger partial charge in [-0.15, -0.1) is 15.3 Å². The molecule has 0 aromatic carbocycles. The normalized spacial score (nSPS) is 15.1. The van der Waals surface area contributed by atoms with E-state index >= 15 is 0 Å². The molecule has 1 aliphatic rings. The summed E-state index contributed by atoms with van der Waals surface area (Å²) >= 11 is 0. The van der Waals surface area contributed by atoms with Crippen molar-refractivity contribution < 1.29 is 0 Å². The fraction of sp³-hybridized carbons (Fsp3) is 0.438. The van der Waals surface area contributed by atoms with Crippen LogP contribution in [0.25, 0.3) is 5.65 Å². The SMILES string of the molecule is Cc1nnc2ccc(N3CC(N(C)Cc4ccnn(C)c4=O)C3)nn12. The van der Waals surface area contributed by atoms with Crippen molar-refractivity contribution in [1.29, 1.82) is 0 Å². The van der Waals surface area contributed by atoms with E-state index in [0.29, 0.717) is 12.6 Å². The number of anilines is 1. The molecule has 1 aliphatic heterocycles. The van der Waals surface area contributed by atoms with Crippen LogP contribution in [0.1, 0.15) is 11.4 Å². The monoisotopic (exact) mass is 340 g/mol. The number of aromatic nitrogens is 6. The van der Waals surface area contributed by atoms with Gasteiger partial charge in [-0.1, -0.05) is 0 Å². The molecule has 0 N–H and O–H groups in total. The van der Waals surface area contributed by atoms with E-state index < -0.39 is 0 Å². The van der Waals surface area contributed by atoms with Crippen LogP contribution < -0.4 is 10.5 Å². The van der Waals surface area contributed by atoms with Gasteiger partial charge in [0.1, 0.15) is 5.82 Å². The highest BCUT2D eigenvalue weighted by atomic mass is 16.1. The molecular weight excluding hydrogens is 320 g/mol. The van der Waals surface area contributed by atoms with Crippen molar-refractivity contribution in [2.75, 3.05) is 25.0 Å². The summed E-state index contributed by atoms with van der Waals surface area (Å²) in [5.74, 6) is 1.69. The number of likely N-dealkylation sites (N-methyl/N-ethyl adjacent to an activating group) is 1. The quantitative estimate of drug-likeness (QED) is 0.653. The van der Waals surface area contributed by atoms with Crippen molar-refractivity contribution in [2.24, 2.45) is 7.05 Å². The fourth-order valence-electron chi connectivity index (χ4n) is 3.05. The second kappa shape index (κ2) is 5.92. The van der Waals surface area contributed by atoms with Gasteiger partial charge >= 0.3 is 0 Å². The van der Waals surface area contributed by atoms with Gasteiger partial charge in [0.15, 0.2) is 11.5 Å². The van der Waals surface area contributed by atoms with Crippen LogP contribution in [0.5, 0.6) is 0 Å². The summed E-state index contributed by atoms with van der Waals surface area (Å²) in [7, 11) is 3.72. The molecule has 1 saturated heterocycles. The van der Waals surface area contributed by atoms with Crippen molar-refractivity contribution in [1.82, 2.24) is 34.5 Å². The molecule has 0 atom stereocenters. The molecule has 0 saturated carbocycles. The molecule has 0 aliphatic carbocycles. The number of nitrogens with zero attached hydrogens (tertiary/aromatic N) is 8. The van der Waals surface area contributed by atoms with E-state index in [-0.39, 0.29) is 5.56 Å². The van der Waals surface area contributed by atoms with E-state index in [1.54, 1.807) is 23.8 Å². The minimum atomic E-state index is -0.0410. The average Bonchev–Trinajstić information content (AvgIpc) is 2.91. The van der Waals surface area contributed by atoms with Gasteiger partial charge in [0.25, 0.3) is 5.56 Å². The van der Waals surface area contributed by atoms with E-state index in [1.165, 1.54) is 4.68 Å². The summed E-state index contributed by atoms with van der Waals surface area (Å²) in [4.78, 5) is 16.5. The van der Waals surface area contributed by atoms with Gasteiger partial charge in [0, 0.05) is 44.5 Å². The first-order chi connectivity index (χ1) is 12.0. The number of hydrogen-bond donors (Lipinski definition) is 0. The van der Waals surface area contributed by atoms with Crippen LogP contribution in [-0.2, 0) is 13.6 Å². The lowest BCUT2D eigenvalue weighted by Gasteiger charge is -2.44. The minimum Gasteiger partial charge on any atom is -0.352 e. The average molecular weight is 340 g/mol. The van der Waals surface area contributed by atoms with Crippen molar-refractivity contribution in [3.8, 4) is 0 Å². The standard InChI is InChI=1S/C16H20N8O/c1-11-18-19-14-4-5-15(20-24(11)14)23-9-13(10-23)21(2)8-12-6-7-17-22(3)16(12)25/h4-7,13H,8-10H2,1-3H3. The second-order valence-electron chi connectivity index (χ2n) is 6.47. The Bertz CT molecular complexity index is 972. The van der Waals surface area contributed by atoms with Crippen LogP contribution in [0.2, 0.25) is 0 Å². The Hall–Kier alpha value is -2.81. The fourth-order valence-corrected chi connectivity index (χ4v) is 3.05. The molecule has 0 unspecified atom stereocenters. The molecule has 0 amide bonds. The minimum absolute atomic E-state index is 0.0410. The van der Waals surface area contributed by atoms with Gasteiger partial charge < -0.3 is 4.90 Å². The van der Waals surface area contributed by atoms with E-state index in [9.17, 15) is 4.79 Å². The summed E-state index contributed by atoms with van der Waals surface area (Å²) < 4.78 is 3.13. The highest BCUT2D eigenvalue weighted by Gasteiger charge is 2.31. The third kappa shape index (κ3) is 2.76. The molecule has 1 fully saturated rings. The van der Waals surface area contributed by atoms with Crippen molar-refractivity contribution in [3.05, 3.63) is 46.1 Å². The zero-order valence-corrected chi connectivity index (χ0v) is 14.5. The van der Waals surface area contributed by atoms with Crippen LogP contribution in [0.4, 0.5) is 5.82 Å². The van der Waals surface area contributed by atoms with Crippen LogP contribution in [0.15, 0.2) is 29.2 Å². The molecule has 9 nitrogen and oxygen atoms in total. The Morgan fingerprint density at radius 3 is 2.84 bits per heavy atom. The third-order valence-corrected chi connectivity index (χ3v) is 4.72. The van der Waals surface area contributed by atoms with E-state index in [1.807, 2.05) is 26.1 Å². The lowest BCUT2D eigenvalue weighted by molar-refractivity contribution is 0.195. The first kappa shape index (κ1) is 15.7. The highest BCUT2D eigenvalue weighted by molar-refractivity contribution is 5.47. The molecular formula is C16H20N8O. The lowest BCUT2D eigenvalue weighted by atomic mass is 10.1. The Labute approximate surface area is 144 Å². The smallest absolute Gasteiger partial charge is 0.270 e. The molecule has 3 aromatic rings. The second-order valence-corrected chi connectivity index (χ2v) is 6.47. The van der Waals surface area contributed by atoms with E-state index in [2.05, 4.69) is 30.2 Å². The molecule has 9 heteroatoms. The summed E-state index contributed by atoms with van der Waals surface area (Å²) in [5.41, 5.74) is 1.47. The maximum Gasteiger partial charge on any atom is 0.270 e. The Kier molecular flexibility index (Phi) is 3.72. The van der Waals surface area contributed by atoms with Crippen molar-refractivity contribution >= 4 is 11.5 Å². The van der Waals surface area contributed by atoms with Gasteiger partial charge in [-0.3, -0.25) is 9.69 Å². The molecule has 0 bridgehead atoms. The molecule has 130 valence electrons. The Balaban J connectivity index is 1.43. The van der Waals surface area contributed by atoms with Crippen molar-refractivity contribution in [2.45, 2.75) is 19.5 Å². The molecule has 3 aromatic heterocycles. The predicted octanol–water partition coefficient (Wildman–Crippen LogP) is -0.153. The molecule has 4 rings (SSSR count). The summed E-state index contributed by atoms with van der Waals surface area (Å²) in [5, 5.41) is 16.6. The largest absolute Gasteiger partial charge is 0.352 e. The number of hydrogen-bond acceptors (Lipinski definition) is 7. The molecule has 0 radical (unpaired) electrons. The van der Waals surface area contributed by atoms with Gasteiger partial charge in [-0.05, 0) is 32.2 Å². The lowest BCUT2D eigenvalue weighted by Crippen LogP contribution is -2.58. The number of aryl methyl sites for hydroxylation is 2. The summed E-state index contributed by atoms with van der Waals surface area (Å²) in [6.07, 6.45) is 1.66. The Morgan fingerprint density at radius 1 is 1.24 bits per heavy atom. The summed E-state index contributed by atoms with van der Waals surface area (Å²) in [6.45, 7) is 4.26. The van der Waals surface area contributed by atoms with Crippen LogP contribution >= 0.6 is 0 Å². The molecule has 25 heavy (non-hydrogen) atoms. The maximum absolute atomic E-state index is 12.1. The van der Waals surface area contributed by atoms with E-state index in [4.69, 9.17) is 0 Å². The number of rotatable bonds is 4. The van der Waals surface area contributed by atoms with Crippen LogP contribution in [0.3, 0.4) is 0 Å². The van der Waals surface area contributed by atoms with Gasteiger partial charge in [0.2, 0.25) is 0 Å². The Morgan fingerprint density at radius 2 is 2.04 bits per heavy atom. The third-order valence-electron chi connectivity index (χ3n) is 4.72. The van der Waals surface area contributed by atoms with Gasteiger partial charge in [-0.2, -0.15) is 9.61 Å². The zero-order chi connectivity index (χ0) is 17.6. The van der Waals surface area contributed by atoms with Gasteiger partial charge in [0.05, 0.1) is 0 Å². The number of fused-ring (bicyclic) bond motifs is 1. The highest BCUT2D eigenvalue weighted by Crippen LogP contribution is 2.22. The molecule has 0 spiro atoms. The first-order valence-corrected chi connectivity index (χ1v) is 8.18. The topological polar surface area (TPSA) is 84.5 Å². The zero-order valence-electron chi connectivity index (χ0n) is 14.5.